The van der Waals surface area contributed by atoms with Crippen molar-refractivity contribution in [2.24, 2.45) is 17.5 Å². The third kappa shape index (κ3) is 4.79. The van der Waals surface area contributed by atoms with Gasteiger partial charge in [-0.05, 0) is 26.2 Å². The second-order valence-electron chi connectivity index (χ2n) is 7.47. The van der Waals surface area contributed by atoms with Gasteiger partial charge in [0.25, 0.3) is 0 Å². The van der Waals surface area contributed by atoms with Crippen LogP contribution in [0.3, 0.4) is 0 Å². The van der Waals surface area contributed by atoms with Crippen LogP contribution in [0.15, 0.2) is 17.5 Å². The summed E-state index contributed by atoms with van der Waals surface area (Å²) in [6.07, 6.45) is 6.89. The van der Waals surface area contributed by atoms with E-state index in [9.17, 15) is 0 Å². The van der Waals surface area contributed by atoms with Gasteiger partial charge in [0.2, 0.25) is 0 Å². The molecule has 2 unspecified atom stereocenters. The first kappa shape index (κ1) is 24.6. The topological polar surface area (TPSA) is 101 Å². The van der Waals surface area contributed by atoms with Gasteiger partial charge in [-0.3, -0.25) is 9.67 Å². The highest BCUT2D eigenvalue weighted by atomic mass is 127. The van der Waals surface area contributed by atoms with Crippen LogP contribution in [0.4, 0.5) is 5.82 Å². The van der Waals surface area contributed by atoms with E-state index in [0.29, 0.717) is 18.7 Å². The molecule has 0 aromatic carbocycles. The number of nitrogens with zero attached hydrogens (tertiary/aromatic N) is 5. The summed E-state index contributed by atoms with van der Waals surface area (Å²) in [4.78, 5) is 13.0. The summed E-state index contributed by atoms with van der Waals surface area (Å²) in [6.45, 7) is 8.78. The van der Waals surface area contributed by atoms with E-state index in [-0.39, 0.29) is 29.4 Å². The van der Waals surface area contributed by atoms with Crippen molar-refractivity contribution in [1.82, 2.24) is 30.4 Å². The molecule has 1 aliphatic rings. The number of anilines is 1. The third-order valence-corrected chi connectivity index (χ3v) is 6.24. The number of aryl methyl sites for hydroxylation is 1. The molecular weight excluding hydrogens is 495 g/mol. The summed E-state index contributed by atoms with van der Waals surface area (Å²) in [5, 5.41) is 15.5. The number of hydrogen-bond acceptors (Lipinski definition) is 6. The first-order valence-electron chi connectivity index (χ1n) is 10.5. The van der Waals surface area contributed by atoms with Crippen LogP contribution in [0.1, 0.15) is 40.0 Å². The molecule has 0 bridgehead atoms. The predicted molar refractivity (Wildman–Crippen MR) is 132 cm³/mol. The average molecular weight is 530 g/mol. The maximum atomic E-state index is 5.98. The molecule has 1 aliphatic carbocycles. The fourth-order valence-corrected chi connectivity index (χ4v) is 4.41. The first-order valence-corrected chi connectivity index (χ1v) is 10.5. The second kappa shape index (κ2) is 11.1. The molecule has 0 aliphatic heterocycles. The monoisotopic (exact) mass is 530 g/mol. The number of rotatable bonds is 9. The van der Waals surface area contributed by atoms with Crippen molar-refractivity contribution in [3.8, 4) is 0 Å². The lowest BCUT2D eigenvalue weighted by atomic mass is 9.58. The normalized spacial score (nSPS) is 20.4. The summed E-state index contributed by atoms with van der Waals surface area (Å²) in [7, 11) is 3.68. The van der Waals surface area contributed by atoms with Gasteiger partial charge < -0.3 is 20.7 Å². The standard InChI is InChI=1S/C20H34N8O.HI/c1-6-20(7-2)15(11-16(20)29-8-3)27-19(21-4)23-10-9-22-17-14-12-26-28(5)18(14)25-13-24-17;/h12-13,15-16H,6-11H2,1-5H3,(H2,21,23,27)(H,22,24,25);1H. The lowest BCUT2D eigenvalue weighted by Gasteiger charge is -2.55. The molecule has 0 amide bonds. The molecule has 2 heterocycles. The number of nitrogens with one attached hydrogen (secondary N) is 3. The largest absolute Gasteiger partial charge is 0.378 e. The zero-order valence-corrected chi connectivity index (χ0v) is 20.9. The SMILES string of the molecule is CCOC1CC(NC(=NC)NCCNc2ncnc3c2cnn3C)C1(CC)CC.I. The zero-order valence-electron chi connectivity index (χ0n) is 18.6. The molecule has 3 rings (SSSR count). The van der Waals surface area contributed by atoms with E-state index < -0.39 is 0 Å². The molecule has 168 valence electrons. The number of halogens is 1. The summed E-state index contributed by atoms with van der Waals surface area (Å²) >= 11 is 0. The van der Waals surface area contributed by atoms with Crippen molar-refractivity contribution in [2.45, 2.75) is 52.2 Å². The molecule has 2 aromatic rings. The van der Waals surface area contributed by atoms with Crippen LogP contribution >= 0.6 is 24.0 Å². The van der Waals surface area contributed by atoms with Gasteiger partial charge in [-0.1, -0.05) is 13.8 Å². The van der Waals surface area contributed by atoms with Crippen LogP contribution < -0.4 is 16.0 Å². The Kier molecular flexibility index (Phi) is 9.08. The molecule has 0 saturated heterocycles. The summed E-state index contributed by atoms with van der Waals surface area (Å²) in [5.41, 5.74) is 0.996. The summed E-state index contributed by atoms with van der Waals surface area (Å²) in [5.74, 6) is 1.62. The minimum absolute atomic E-state index is 0. The van der Waals surface area contributed by atoms with Crippen LogP contribution in [0, 0.1) is 5.41 Å². The van der Waals surface area contributed by atoms with Gasteiger partial charge in [0, 0.05) is 45.2 Å². The van der Waals surface area contributed by atoms with Crippen LogP contribution in [-0.2, 0) is 11.8 Å². The molecule has 30 heavy (non-hydrogen) atoms. The van der Waals surface area contributed by atoms with Crippen LogP contribution in [0.25, 0.3) is 11.0 Å². The highest BCUT2D eigenvalue weighted by molar-refractivity contribution is 14.0. The van der Waals surface area contributed by atoms with Crippen molar-refractivity contribution in [1.29, 1.82) is 0 Å². The van der Waals surface area contributed by atoms with Gasteiger partial charge in [0.1, 0.15) is 12.1 Å². The number of fused-ring (bicyclic) bond motifs is 1. The van der Waals surface area contributed by atoms with Crippen LogP contribution in [0.2, 0.25) is 0 Å². The maximum absolute atomic E-state index is 5.98. The van der Waals surface area contributed by atoms with Crippen molar-refractivity contribution in [3.63, 3.8) is 0 Å². The number of aliphatic imine (C=N–C) groups is 1. The highest BCUT2D eigenvalue weighted by Gasteiger charge is 2.53. The highest BCUT2D eigenvalue weighted by Crippen LogP contribution is 2.48. The van der Waals surface area contributed by atoms with Crippen molar-refractivity contribution in [3.05, 3.63) is 12.5 Å². The Morgan fingerprint density at radius 3 is 2.70 bits per heavy atom. The van der Waals surface area contributed by atoms with Gasteiger partial charge in [0.05, 0.1) is 17.7 Å². The molecule has 2 aromatic heterocycles. The van der Waals surface area contributed by atoms with Crippen molar-refractivity contribution >= 4 is 46.8 Å². The van der Waals surface area contributed by atoms with E-state index >= 15 is 0 Å². The summed E-state index contributed by atoms with van der Waals surface area (Å²) < 4.78 is 7.72. The lowest BCUT2D eigenvalue weighted by Crippen LogP contribution is -2.65. The van der Waals surface area contributed by atoms with E-state index in [2.05, 4.69) is 56.8 Å². The fourth-order valence-electron chi connectivity index (χ4n) is 4.41. The molecule has 1 fully saturated rings. The molecule has 3 N–H and O–H groups in total. The minimum Gasteiger partial charge on any atom is -0.378 e. The Labute approximate surface area is 195 Å². The van der Waals surface area contributed by atoms with E-state index in [4.69, 9.17) is 4.74 Å². The van der Waals surface area contributed by atoms with Gasteiger partial charge in [-0.15, -0.1) is 24.0 Å². The molecular formula is C20H35IN8O. The van der Waals surface area contributed by atoms with Crippen molar-refractivity contribution in [2.75, 3.05) is 32.1 Å². The quantitative estimate of drug-likeness (QED) is 0.198. The molecule has 2 atom stereocenters. The Morgan fingerprint density at radius 1 is 1.27 bits per heavy atom. The van der Waals surface area contributed by atoms with E-state index in [0.717, 1.165) is 55.2 Å². The third-order valence-electron chi connectivity index (χ3n) is 6.24. The second-order valence-corrected chi connectivity index (χ2v) is 7.47. The van der Waals surface area contributed by atoms with Gasteiger partial charge >= 0.3 is 0 Å². The lowest BCUT2D eigenvalue weighted by molar-refractivity contribution is -0.133. The Bertz CT molecular complexity index is 835. The molecule has 9 nitrogen and oxygen atoms in total. The minimum atomic E-state index is 0. The summed E-state index contributed by atoms with van der Waals surface area (Å²) in [6, 6.07) is 0.380. The number of aromatic nitrogens is 4. The number of ether oxygens (including phenoxy) is 1. The van der Waals surface area contributed by atoms with Gasteiger partial charge in [-0.25, -0.2) is 9.97 Å². The van der Waals surface area contributed by atoms with Crippen molar-refractivity contribution < 1.29 is 4.74 Å². The van der Waals surface area contributed by atoms with Crippen LogP contribution in [0.5, 0.6) is 0 Å². The Morgan fingerprint density at radius 2 is 2.03 bits per heavy atom. The molecule has 10 heteroatoms. The maximum Gasteiger partial charge on any atom is 0.191 e. The predicted octanol–water partition coefficient (Wildman–Crippen LogP) is 2.54. The number of hydrogen-bond donors (Lipinski definition) is 3. The van der Waals surface area contributed by atoms with E-state index in [1.807, 2.05) is 14.1 Å². The molecule has 1 saturated carbocycles. The first-order chi connectivity index (χ1) is 14.1. The number of guanidine groups is 1. The Balaban J connectivity index is 0.00000320. The zero-order chi connectivity index (χ0) is 20.9. The van der Waals surface area contributed by atoms with E-state index in [1.54, 1.807) is 17.2 Å². The van der Waals surface area contributed by atoms with E-state index in [1.165, 1.54) is 0 Å². The average Bonchev–Trinajstić information content (AvgIpc) is 3.11. The Hall–Kier alpha value is -1.69. The fraction of sp³-hybridized carbons (Fsp3) is 0.700. The smallest absolute Gasteiger partial charge is 0.191 e. The van der Waals surface area contributed by atoms with Crippen LogP contribution in [-0.4, -0.2) is 64.6 Å². The molecule has 0 spiro atoms. The van der Waals surface area contributed by atoms with Gasteiger partial charge in [-0.2, -0.15) is 5.10 Å². The van der Waals surface area contributed by atoms with Gasteiger partial charge in [0.15, 0.2) is 11.6 Å². The molecule has 0 radical (unpaired) electrons.